The standard InChI is InChI=1S/C14H26O5/c1-3-5-6-7-8-12(17)13(18)19-11-14(4-2,9-15)10-16/h15-16H,3-11H2,1-2H3. The summed E-state index contributed by atoms with van der Waals surface area (Å²) >= 11 is 0. The topological polar surface area (TPSA) is 83.8 Å². The summed E-state index contributed by atoms with van der Waals surface area (Å²) in [4.78, 5) is 23.0. The highest BCUT2D eigenvalue weighted by molar-refractivity contribution is 6.33. The lowest BCUT2D eigenvalue weighted by Gasteiger charge is -2.27. The van der Waals surface area contributed by atoms with Crippen molar-refractivity contribution in [3.8, 4) is 0 Å². The van der Waals surface area contributed by atoms with Gasteiger partial charge in [-0.05, 0) is 12.8 Å². The molecule has 0 saturated heterocycles. The van der Waals surface area contributed by atoms with E-state index in [-0.39, 0.29) is 26.2 Å². The van der Waals surface area contributed by atoms with Crippen LogP contribution in [0.5, 0.6) is 0 Å². The van der Waals surface area contributed by atoms with Crippen LogP contribution in [0, 0.1) is 5.41 Å². The number of hydrogen-bond acceptors (Lipinski definition) is 5. The first-order chi connectivity index (χ1) is 9.05. The van der Waals surface area contributed by atoms with E-state index >= 15 is 0 Å². The maximum Gasteiger partial charge on any atom is 0.374 e. The number of ether oxygens (including phenoxy) is 1. The van der Waals surface area contributed by atoms with Crippen molar-refractivity contribution in [1.82, 2.24) is 0 Å². The zero-order valence-corrected chi connectivity index (χ0v) is 12.0. The second-order valence-electron chi connectivity index (χ2n) is 4.98. The average Bonchev–Trinajstić information content (AvgIpc) is 2.45. The Morgan fingerprint density at radius 3 is 2.16 bits per heavy atom. The smallest absolute Gasteiger partial charge is 0.374 e. The number of Topliss-reactive ketones (excluding diaryl/α,β-unsaturated/α-hetero) is 1. The summed E-state index contributed by atoms with van der Waals surface area (Å²) in [5, 5.41) is 18.4. The lowest BCUT2D eigenvalue weighted by Crippen LogP contribution is -2.36. The second kappa shape index (κ2) is 9.92. The molecule has 0 amide bonds. The van der Waals surface area contributed by atoms with Crippen LogP contribution >= 0.6 is 0 Å². The molecule has 0 aliphatic carbocycles. The number of carbonyl (C=O) groups is 2. The fourth-order valence-electron chi connectivity index (χ4n) is 1.58. The summed E-state index contributed by atoms with van der Waals surface area (Å²) in [6, 6.07) is 0. The number of hydrogen-bond donors (Lipinski definition) is 2. The highest BCUT2D eigenvalue weighted by Gasteiger charge is 2.29. The van der Waals surface area contributed by atoms with E-state index in [4.69, 9.17) is 4.74 Å². The van der Waals surface area contributed by atoms with E-state index in [2.05, 4.69) is 6.92 Å². The molecule has 0 aromatic heterocycles. The van der Waals surface area contributed by atoms with Gasteiger partial charge in [0, 0.05) is 6.42 Å². The van der Waals surface area contributed by atoms with Crippen molar-refractivity contribution in [2.45, 2.75) is 52.4 Å². The van der Waals surface area contributed by atoms with Gasteiger partial charge in [0.2, 0.25) is 5.78 Å². The molecule has 0 radical (unpaired) electrons. The van der Waals surface area contributed by atoms with Gasteiger partial charge in [-0.2, -0.15) is 0 Å². The fourth-order valence-corrected chi connectivity index (χ4v) is 1.58. The number of esters is 1. The lowest BCUT2D eigenvalue weighted by atomic mass is 9.88. The van der Waals surface area contributed by atoms with Gasteiger partial charge in [0.05, 0.1) is 18.6 Å². The van der Waals surface area contributed by atoms with Gasteiger partial charge < -0.3 is 14.9 Å². The first-order valence-corrected chi connectivity index (χ1v) is 6.97. The van der Waals surface area contributed by atoms with Gasteiger partial charge in [0.1, 0.15) is 6.61 Å². The predicted octanol–water partition coefficient (Wildman–Crippen LogP) is 1.45. The zero-order valence-electron chi connectivity index (χ0n) is 12.0. The van der Waals surface area contributed by atoms with Gasteiger partial charge in [-0.1, -0.05) is 33.1 Å². The summed E-state index contributed by atoms with van der Waals surface area (Å²) in [5.74, 6) is -1.40. The molecule has 0 spiro atoms. The maximum absolute atomic E-state index is 11.5. The molecule has 0 bridgehead atoms. The Morgan fingerprint density at radius 1 is 1.05 bits per heavy atom. The van der Waals surface area contributed by atoms with Gasteiger partial charge in [0.15, 0.2) is 0 Å². The van der Waals surface area contributed by atoms with Gasteiger partial charge >= 0.3 is 5.97 Å². The minimum Gasteiger partial charge on any atom is -0.459 e. The SMILES string of the molecule is CCCCCCC(=O)C(=O)OCC(CC)(CO)CO. The first-order valence-electron chi connectivity index (χ1n) is 6.97. The van der Waals surface area contributed by atoms with Crippen LogP contribution in [0.2, 0.25) is 0 Å². The number of ketones is 1. The van der Waals surface area contributed by atoms with Crippen LogP contribution in [-0.2, 0) is 14.3 Å². The number of rotatable bonds is 11. The summed E-state index contributed by atoms with van der Waals surface area (Å²) in [6.07, 6.45) is 4.43. The first kappa shape index (κ1) is 18.1. The Labute approximate surface area is 115 Å². The number of aliphatic hydroxyl groups is 2. The number of unbranched alkanes of at least 4 members (excludes halogenated alkanes) is 3. The molecule has 0 fully saturated rings. The van der Waals surface area contributed by atoms with Gasteiger partial charge in [-0.15, -0.1) is 0 Å². The fraction of sp³-hybridized carbons (Fsp3) is 0.857. The number of carbonyl (C=O) groups excluding carboxylic acids is 2. The molecule has 19 heavy (non-hydrogen) atoms. The molecule has 0 atom stereocenters. The van der Waals surface area contributed by atoms with Crippen molar-refractivity contribution in [3.63, 3.8) is 0 Å². The third-order valence-corrected chi connectivity index (χ3v) is 3.42. The van der Waals surface area contributed by atoms with Crippen LogP contribution in [0.3, 0.4) is 0 Å². The molecule has 0 aliphatic heterocycles. The van der Waals surface area contributed by atoms with Crippen molar-refractivity contribution in [2.24, 2.45) is 5.41 Å². The summed E-state index contributed by atoms with van der Waals surface area (Å²) < 4.78 is 4.89. The molecule has 0 rings (SSSR count). The highest BCUT2D eigenvalue weighted by Crippen LogP contribution is 2.20. The van der Waals surface area contributed by atoms with Gasteiger partial charge in [-0.3, -0.25) is 4.79 Å². The minimum atomic E-state index is -0.865. The number of aliphatic hydroxyl groups excluding tert-OH is 2. The Bertz CT molecular complexity index is 263. The van der Waals surface area contributed by atoms with E-state index in [0.29, 0.717) is 12.8 Å². The summed E-state index contributed by atoms with van der Waals surface area (Å²) in [7, 11) is 0. The average molecular weight is 274 g/mol. The quantitative estimate of drug-likeness (QED) is 0.338. The predicted molar refractivity (Wildman–Crippen MR) is 71.6 cm³/mol. The van der Waals surface area contributed by atoms with Crippen LogP contribution < -0.4 is 0 Å². The molecule has 0 heterocycles. The molecular weight excluding hydrogens is 248 g/mol. The molecule has 0 aliphatic rings. The molecular formula is C14H26O5. The Morgan fingerprint density at radius 2 is 1.68 bits per heavy atom. The third kappa shape index (κ3) is 6.68. The van der Waals surface area contributed by atoms with Crippen molar-refractivity contribution in [3.05, 3.63) is 0 Å². The van der Waals surface area contributed by atoms with Crippen molar-refractivity contribution < 1.29 is 24.5 Å². The van der Waals surface area contributed by atoms with Crippen LogP contribution in [0.4, 0.5) is 0 Å². The van der Waals surface area contributed by atoms with Crippen molar-refractivity contribution >= 4 is 11.8 Å². The molecule has 5 heteroatoms. The highest BCUT2D eigenvalue weighted by atomic mass is 16.5. The van der Waals surface area contributed by atoms with Gasteiger partial charge in [-0.25, -0.2) is 4.79 Å². The maximum atomic E-state index is 11.5. The normalized spacial score (nSPS) is 11.4. The van der Waals surface area contributed by atoms with Crippen molar-refractivity contribution in [1.29, 1.82) is 0 Å². The largest absolute Gasteiger partial charge is 0.459 e. The second-order valence-corrected chi connectivity index (χ2v) is 4.98. The van der Waals surface area contributed by atoms with Gasteiger partial charge in [0.25, 0.3) is 0 Å². The zero-order chi connectivity index (χ0) is 14.7. The molecule has 112 valence electrons. The summed E-state index contributed by atoms with van der Waals surface area (Å²) in [5.41, 5.74) is -0.849. The van der Waals surface area contributed by atoms with E-state index < -0.39 is 17.2 Å². The molecule has 0 aromatic rings. The van der Waals surface area contributed by atoms with Crippen LogP contribution in [-0.4, -0.2) is 41.8 Å². The molecule has 2 N–H and O–H groups in total. The molecule has 5 nitrogen and oxygen atoms in total. The Kier molecular flexibility index (Phi) is 9.43. The van der Waals surface area contributed by atoms with Crippen LogP contribution in [0.1, 0.15) is 52.4 Å². The Hall–Kier alpha value is -0.940. The molecule has 0 saturated carbocycles. The van der Waals surface area contributed by atoms with Crippen molar-refractivity contribution in [2.75, 3.05) is 19.8 Å². The molecule has 0 aromatic carbocycles. The van der Waals surface area contributed by atoms with Crippen LogP contribution in [0.15, 0.2) is 0 Å². The van der Waals surface area contributed by atoms with E-state index in [1.807, 2.05) is 0 Å². The van der Waals surface area contributed by atoms with E-state index in [9.17, 15) is 19.8 Å². The lowest BCUT2D eigenvalue weighted by molar-refractivity contribution is -0.158. The van der Waals surface area contributed by atoms with E-state index in [1.165, 1.54) is 0 Å². The third-order valence-electron chi connectivity index (χ3n) is 3.42. The minimum absolute atomic E-state index is 0.129. The van der Waals surface area contributed by atoms with Crippen LogP contribution in [0.25, 0.3) is 0 Å². The summed E-state index contributed by atoms with van der Waals surface area (Å²) in [6.45, 7) is 3.17. The van der Waals surface area contributed by atoms with E-state index in [0.717, 1.165) is 19.3 Å². The van der Waals surface area contributed by atoms with E-state index in [1.54, 1.807) is 6.92 Å². The Balaban J connectivity index is 4.05. The molecule has 0 unspecified atom stereocenters. The monoisotopic (exact) mass is 274 g/mol.